The van der Waals surface area contributed by atoms with Crippen molar-refractivity contribution in [2.45, 2.75) is 32.9 Å². The molecule has 0 aliphatic carbocycles. The summed E-state index contributed by atoms with van der Waals surface area (Å²) in [4.78, 5) is 30.1. The maximum Gasteiger partial charge on any atom is 0.304 e. The molecule has 0 radical (unpaired) electrons. The fourth-order valence-electron chi connectivity index (χ4n) is 1.53. The molecular weight excluding hydrogens is 310 g/mol. The number of aromatic amines is 1. The Kier molecular flexibility index (Phi) is 4.33. The van der Waals surface area contributed by atoms with Gasteiger partial charge in [-0.15, -0.1) is 0 Å². The molecule has 0 saturated heterocycles. The molecular formula is C12H17N5O2S2. The van der Waals surface area contributed by atoms with Gasteiger partial charge in [-0.05, 0) is 20.8 Å². The van der Waals surface area contributed by atoms with Crippen LogP contribution < -0.4 is 21.2 Å². The summed E-state index contributed by atoms with van der Waals surface area (Å²) in [6, 6.07) is 0. The van der Waals surface area contributed by atoms with E-state index < -0.39 is 0 Å². The molecule has 0 atom stereocenters. The lowest BCUT2D eigenvalue weighted by atomic mass is 10.1. The molecule has 1 amide bonds. The molecule has 0 spiro atoms. The zero-order valence-electron chi connectivity index (χ0n) is 11.9. The Morgan fingerprint density at radius 1 is 1.48 bits per heavy atom. The Balaban J connectivity index is 2.03. The Morgan fingerprint density at radius 3 is 2.76 bits per heavy atom. The Bertz CT molecular complexity index is 695. The van der Waals surface area contributed by atoms with Gasteiger partial charge in [-0.3, -0.25) is 9.59 Å². The molecule has 0 aliphatic heterocycles. The van der Waals surface area contributed by atoms with E-state index in [1.54, 1.807) is 5.38 Å². The van der Waals surface area contributed by atoms with E-state index in [9.17, 15) is 9.59 Å². The van der Waals surface area contributed by atoms with Crippen molar-refractivity contribution in [1.29, 1.82) is 0 Å². The lowest BCUT2D eigenvalue weighted by molar-refractivity contribution is 0.0955. The van der Waals surface area contributed by atoms with Crippen LogP contribution in [-0.2, 0) is 6.54 Å². The monoisotopic (exact) mass is 327 g/mol. The summed E-state index contributed by atoms with van der Waals surface area (Å²) < 4.78 is 0. The Hall–Kier alpha value is -1.87. The summed E-state index contributed by atoms with van der Waals surface area (Å²) in [6.07, 6.45) is 0. The van der Waals surface area contributed by atoms with E-state index >= 15 is 0 Å². The van der Waals surface area contributed by atoms with E-state index in [1.807, 2.05) is 20.8 Å². The van der Waals surface area contributed by atoms with Gasteiger partial charge in [-0.1, -0.05) is 22.7 Å². The van der Waals surface area contributed by atoms with Crippen LogP contribution >= 0.6 is 22.7 Å². The van der Waals surface area contributed by atoms with Crippen molar-refractivity contribution in [1.82, 2.24) is 15.3 Å². The van der Waals surface area contributed by atoms with E-state index in [2.05, 4.69) is 20.6 Å². The van der Waals surface area contributed by atoms with Gasteiger partial charge in [0.2, 0.25) is 0 Å². The number of rotatable bonds is 4. The number of amides is 1. The van der Waals surface area contributed by atoms with E-state index in [0.29, 0.717) is 15.7 Å². The maximum atomic E-state index is 12.1. The quantitative estimate of drug-likeness (QED) is 0.681. The van der Waals surface area contributed by atoms with Gasteiger partial charge in [-0.2, -0.15) is 0 Å². The van der Waals surface area contributed by atoms with Gasteiger partial charge in [0.1, 0.15) is 10.7 Å². The van der Waals surface area contributed by atoms with E-state index in [-0.39, 0.29) is 28.7 Å². The van der Waals surface area contributed by atoms with Crippen molar-refractivity contribution in [2.24, 2.45) is 0 Å². The predicted octanol–water partition coefficient (Wildman–Crippen LogP) is 1.62. The first kappa shape index (κ1) is 15.5. The molecule has 0 bridgehead atoms. The topological polar surface area (TPSA) is 113 Å². The van der Waals surface area contributed by atoms with Crippen LogP contribution in [0.4, 0.5) is 10.9 Å². The fraction of sp³-hybridized carbons (Fsp3) is 0.417. The lowest BCUT2D eigenvalue weighted by Crippen LogP contribution is -2.25. The largest absolute Gasteiger partial charge is 0.382 e. The summed E-state index contributed by atoms with van der Waals surface area (Å²) in [5.74, 6) is -0.109. The maximum absolute atomic E-state index is 12.1. The third-order valence-electron chi connectivity index (χ3n) is 2.35. The molecule has 9 heteroatoms. The Labute approximate surface area is 129 Å². The van der Waals surface area contributed by atoms with Crippen molar-refractivity contribution in [3.8, 4) is 0 Å². The number of thiazole rings is 2. The Morgan fingerprint density at radius 2 is 2.19 bits per heavy atom. The average molecular weight is 327 g/mol. The molecule has 7 nitrogen and oxygen atoms in total. The average Bonchev–Trinajstić information content (AvgIpc) is 2.90. The van der Waals surface area contributed by atoms with Gasteiger partial charge < -0.3 is 21.4 Å². The van der Waals surface area contributed by atoms with Crippen LogP contribution in [0.2, 0.25) is 0 Å². The normalized spacial score (nSPS) is 11.4. The number of aromatic nitrogens is 2. The molecule has 0 fully saturated rings. The van der Waals surface area contributed by atoms with Crippen molar-refractivity contribution in [3.05, 3.63) is 25.6 Å². The van der Waals surface area contributed by atoms with Crippen LogP contribution in [0.1, 0.15) is 36.1 Å². The summed E-state index contributed by atoms with van der Waals surface area (Å²) in [5, 5.41) is 8.16. The van der Waals surface area contributed by atoms with Crippen molar-refractivity contribution < 1.29 is 4.79 Å². The number of nitrogens with one attached hydrogen (secondary N) is 3. The highest BCUT2D eigenvalue weighted by atomic mass is 32.1. The number of nitrogens with two attached hydrogens (primary N) is 1. The second kappa shape index (κ2) is 5.86. The zero-order chi connectivity index (χ0) is 15.6. The molecule has 0 aliphatic rings. The van der Waals surface area contributed by atoms with Crippen LogP contribution in [0, 0.1) is 0 Å². The van der Waals surface area contributed by atoms with Crippen LogP contribution in [0.15, 0.2) is 10.2 Å². The third kappa shape index (κ3) is 4.30. The van der Waals surface area contributed by atoms with Gasteiger partial charge in [0, 0.05) is 16.6 Å². The molecule has 0 aromatic carbocycles. The molecule has 0 unspecified atom stereocenters. The second-order valence-corrected chi connectivity index (χ2v) is 7.31. The molecule has 2 rings (SSSR count). The summed E-state index contributed by atoms with van der Waals surface area (Å²) in [5.41, 5.74) is 6.28. The second-order valence-electron chi connectivity index (χ2n) is 5.46. The highest BCUT2D eigenvalue weighted by Gasteiger charge is 2.19. The summed E-state index contributed by atoms with van der Waals surface area (Å²) in [7, 11) is 0. The zero-order valence-corrected chi connectivity index (χ0v) is 13.6. The van der Waals surface area contributed by atoms with Crippen LogP contribution in [-0.4, -0.2) is 21.4 Å². The lowest BCUT2D eigenvalue weighted by Gasteiger charge is -2.19. The molecule has 5 N–H and O–H groups in total. The number of hydrogen-bond donors (Lipinski definition) is 4. The minimum absolute atomic E-state index is 0.145. The van der Waals surface area contributed by atoms with Gasteiger partial charge in [0.05, 0.1) is 6.54 Å². The van der Waals surface area contributed by atoms with Crippen LogP contribution in [0.5, 0.6) is 0 Å². The number of nitrogens with zero attached hydrogens (tertiary/aromatic N) is 1. The van der Waals surface area contributed by atoms with Crippen molar-refractivity contribution in [2.75, 3.05) is 11.1 Å². The highest BCUT2D eigenvalue weighted by Crippen LogP contribution is 2.27. The van der Waals surface area contributed by atoms with Gasteiger partial charge >= 0.3 is 4.87 Å². The minimum atomic E-state index is -0.306. The highest BCUT2D eigenvalue weighted by molar-refractivity contribution is 7.18. The molecule has 2 aromatic rings. The SMILES string of the molecule is CC(C)(C)Nc1nc(N)c(C(=O)NCc2csc(=O)[nH]2)s1. The summed E-state index contributed by atoms with van der Waals surface area (Å²) >= 11 is 2.26. The minimum Gasteiger partial charge on any atom is -0.382 e. The molecule has 21 heavy (non-hydrogen) atoms. The smallest absolute Gasteiger partial charge is 0.304 e. The molecule has 2 heterocycles. The molecule has 114 valence electrons. The van der Waals surface area contributed by atoms with Crippen molar-refractivity contribution >= 4 is 39.5 Å². The number of anilines is 2. The molecule has 0 saturated carbocycles. The predicted molar refractivity (Wildman–Crippen MR) is 86.0 cm³/mol. The standard InChI is InChI=1S/C12H17N5O2S2/c1-12(2,3)17-10-16-8(13)7(21-10)9(18)14-4-6-5-20-11(19)15-6/h5H,4,13H2,1-3H3,(H,14,18)(H,15,19)(H,16,17). The van der Waals surface area contributed by atoms with Gasteiger partial charge in [0.25, 0.3) is 5.91 Å². The third-order valence-corrected chi connectivity index (χ3v) is 4.06. The van der Waals surface area contributed by atoms with Crippen LogP contribution in [0.3, 0.4) is 0 Å². The van der Waals surface area contributed by atoms with E-state index in [0.717, 1.165) is 11.3 Å². The number of carbonyl (C=O) groups is 1. The number of carbonyl (C=O) groups excluding carboxylic acids is 1. The molecule has 2 aromatic heterocycles. The van der Waals surface area contributed by atoms with Crippen LogP contribution in [0.25, 0.3) is 0 Å². The first-order valence-electron chi connectivity index (χ1n) is 6.24. The summed E-state index contributed by atoms with van der Waals surface area (Å²) in [6.45, 7) is 6.24. The van der Waals surface area contributed by atoms with Gasteiger partial charge in [-0.25, -0.2) is 4.98 Å². The van der Waals surface area contributed by atoms with Crippen molar-refractivity contribution in [3.63, 3.8) is 0 Å². The van der Waals surface area contributed by atoms with Gasteiger partial charge in [0.15, 0.2) is 5.13 Å². The van der Waals surface area contributed by atoms with E-state index in [1.165, 1.54) is 11.3 Å². The first-order chi connectivity index (χ1) is 9.74. The number of hydrogen-bond acceptors (Lipinski definition) is 7. The number of nitrogen functional groups attached to an aromatic ring is 1. The number of H-pyrrole nitrogens is 1. The fourth-order valence-corrected chi connectivity index (χ4v) is 3.12. The first-order valence-corrected chi connectivity index (χ1v) is 7.93. The van der Waals surface area contributed by atoms with E-state index in [4.69, 9.17) is 5.73 Å².